The molecule has 0 amide bonds. The van der Waals surface area contributed by atoms with Crippen molar-refractivity contribution in [3.63, 3.8) is 0 Å². The smallest absolute Gasteiger partial charge is 0.0669 e. The number of unbranched alkanes of at least 4 members (excludes halogenated alkanes) is 10. The van der Waals surface area contributed by atoms with Gasteiger partial charge >= 0.3 is 0 Å². The minimum Gasteiger partial charge on any atom is -0.337 e. The van der Waals surface area contributed by atoms with Crippen LogP contribution in [-0.2, 0) is 12.8 Å². The van der Waals surface area contributed by atoms with Crippen LogP contribution in [0.25, 0.3) is 21.8 Å². The highest BCUT2D eigenvalue weighted by molar-refractivity contribution is 6.08. The van der Waals surface area contributed by atoms with Gasteiger partial charge in [0.25, 0.3) is 0 Å². The Morgan fingerprint density at radius 1 is 0.611 bits per heavy atom. The second kappa shape index (κ2) is 15.4. The number of aromatic nitrogens is 1. The molecule has 3 heteroatoms. The molecule has 0 saturated carbocycles. The minimum atomic E-state index is 0.441. The molecule has 0 atom stereocenters. The van der Waals surface area contributed by atoms with Crippen LogP contribution in [0.2, 0.25) is 0 Å². The maximum absolute atomic E-state index is 9.33. The van der Waals surface area contributed by atoms with E-state index in [1.807, 2.05) is 0 Å². The fourth-order valence-electron chi connectivity index (χ4n) is 5.66. The van der Waals surface area contributed by atoms with Gasteiger partial charge in [0, 0.05) is 27.8 Å². The lowest BCUT2D eigenvalue weighted by Gasteiger charge is -2.22. The van der Waals surface area contributed by atoms with Crippen molar-refractivity contribution in [1.29, 1.82) is 10.5 Å². The Hall–Kier alpha value is -2.78. The monoisotopic (exact) mass is 483 g/mol. The van der Waals surface area contributed by atoms with Crippen molar-refractivity contribution in [2.24, 2.45) is 0 Å². The molecule has 0 saturated heterocycles. The first-order valence-electron chi connectivity index (χ1n) is 14.5. The van der Waals surface area contributed by atoms with E-state index in [0.717, 1.165) is 11.1 Å². The lowest BCUT2D eigenvalue weighted by Crippen LogP contribution is -2.10. The van der Waals surface area contributed by atoms with Crippen LogP contribution in [0.1, 0.15) is 121 Å². The first kappa shape index (κ1) is 27.8. The van der Waals surface area contributed by atoms with Gasteiger partial charge in [-0.15, -0.1) is 0 Å². The third-order valence-electron chi connectivity index (χ3n) is 7.65. The van der Waals surface area contributed by atoms with Crippen LogP contribution in [0, 0.1) is 22.7 Å². The zero-order valence-electron chi connectivity index (χ0n) is 22.7. The second-order valence-electron chi connectivity index (χ2n) is 10.5. The number of hydrogen-bond donors (Lipinski definition) is 0. The Balaban J connectivity index is 1.95. The Labute approximate surface area is 219 Å². The zero-order valence-corrected chi connectivity index (χ0v) is 22.7. The average molecular weight is 484 g/mol. The second-order valence-corrected chi connectivity index (χ2v) is 10.5. The van der Waals surface area contributed by atoms with Crippen LogP contribution in [0.15, 0.2) is 36.4 Å². The molecule has 0 bridgehead atoms. The summed E-state index contributed by atoms with van der Waals surface area (Å²) in [5.74, 6) is 0. The minimum absolute atomic E-state index is 0.441. The first-order valence-corrected chi connectivity index (χ1v) is 14.5. The van der Waals surface area contributed by atoms with Crippen LogP contribution in [0.4, 0.5) is 0 Å². The molecule has 36 heavy (non-hydrogen) atoms. The molecule has 0 aliphatic carbocycles. The van der Waals surface area contributed by atoms with Gasteiger partial charge in [-0.3, -0.25) is 0 Å². The van der Waals surface area contributed by atoms with E-state index in [9.17, 15) is 10.5 Å². The van der Waals surface area contributed by atoms with Crippen molar-refractivity contribution >= 4 is 21.8 Å². The number of hydrogen-bond acceptors (Lipinski definition) is 2. The lowest BCUT2D eigenvalue weighted by molar-refractivity contribution is 0.410. The summed E-state index contributed by atoms with van der Waals surface area (Å²) in [6.07, 6.45) is 19.1. The molecular weight excluding hydrogens is 438 g/mol. The van der Waals surface area contributed by atoms with E-state index in [-0.39, 0.29) is 0 Å². The molecule has 0 spiro atoms. The van der Waals surface area contributed by atoms with E-state index in [2.05, 4.69) is 67.0 Å². The van der Waals surface area contributed by atoms with Gasteiger partial charge < -0.3 is 4.57 Å². The molecule has 2 aromatic carbocycles. The predicted molar refractivity (Wildman–Crippen MR) is 153 cm³/mol. The summed E-state index contributed by atoms with van der Waals surface area (Å²) in [4.78, 5) is 0. The number of nitrogens with zero attached hydrogens (tertiary/aromatic N) is 3. The van der Waals surface area contributed by atoms with E-state index in [1.54, 1.807) is 0 Å². The fraction of sp³-hybridized carbons (Fsp3) is 0.576. The molecule has 3 nitrogen and oxygen atoms in total. The molecule has 0 aliphatic rings. The molecule has 1 heterocycles. The van der Waals surface area contributed by atoms with Gasteiger partial charge in [0.05, 0.1) is 25.0 Å². The highest BCUT2D eigenvalue weighted by atomic mass is 15.0. The molecule has 0 N–H and O–H groups in total. The quantitative estimate of drug-likeness (QED) is 0.179. The maximum atomic E-state index is 9.33. The molecular formula is C33H45N3. The summed E-state index contributed by atoms with van der Waals surface area (Å²) in [5.41, 5.74) is 4.69. The largest absolute Gasteiger partial charge is 0.337 e. The van der Waals surface area contributed by atoms with Crippen molar-refractivity contribution in [2.45, 2.75) is 123 Å². The van der Waals surface area contributed by atoms with Crippen LogP contribution in [-0.4, -0.2) is 4.57 Å². The van der Waals surface area contributed by atoms with E-state index in [0.29, 0.717) is 18.9 Å². The fourth-order valence-corrected chi connectivity index (χ4v) is 5.66. The van der Waals surface area contributed by atoms with Crippen molar-refractivity contribution < 1.29 is 0 Å². The average Bonchev–Trinajstić information content (AvgIpc) is 3.20. The van der Waals surface area contributed by atoms with Crippen LogP contribution >= 0.6 is 0 Å². The topological polar surface area (TPSA) is 52.5 Å². The molecule has 192 valence electrons. The predicted octanol–water partition coefficient (Wildman–Crippen LogP) is 9.97. The lowest BCUT2D eigenvalue weighted by atomic mass is 9.99. The molecule has 3 rings (SSSR count). The van der Waals surface area contributed by atoms with E-state index in [1.165, 1.54) is 112 Å². The molecule has 0 aliphatic heterocycles. The van der Waals surface area contributed by atoms with Crippen molar-refractivity contribution in [2.75, 3.05) is 0 Å². The number of nitriles is 2. The van der Waals surface area contributed by atoms with E-state index in [4.69, 9.17) is 0 Å². The molecule has 0 radical (unpaired) electrons. The van der Waals surface area contributed by atoms with Crippen molar-refractivity contribution in [3.8, 4) is 12.1 Å². The normalized spacial score (nSPS) is 11.4. The summed E-state index contributed by atoms with van der Waals surface area (Å²) in [5, 5.41) is 21.2. The van der Waals surface area contributed by atoms with Crippen LogP contribution in [0.3, 0.4) is 0 Å². The SMILES string of the molecule is CCCCCCCCC(CCCCCCCC)n1c2cc(CC#N)ccc2c2ccc(CC#N)cc21. The number of rotatable bonds is 17. The highest BCUT2D eigenvalue weighted by Gasteiger charge is 2.19. The summed E-state index contributed by atoms with van der Waals surface area (Å²) in [6, 6.07) is 18.2. The van der Waals surface area contributed by atoms with Crippen LogP contribution in [0.5, 0.6) is 0 Å². The van der Waals surface area contributed by atoms with Gasteiger partial charge in [0.1, 0.15) is 0 Å². The number of benzene rings is 2. The van der Waals surface area contributed by atoms with Gasteiger partial charge in [-0.05, 0) is 36.1 Å². The third kappa shape index (κ3) is 7.61. The Morgan fingerprint density at radius 2 is 1.03 bits per heavy atom. The molecule has 0 unspecified atom stereocenters. The third-order valence-corrected chi connectivity index (χ3v) is 7.65. The standard InChI is InChI=1S/C33H45N3/c1-3-5-7-9-11-13-15-29(16-14-12-10-8-6-4-2)36-32-25-27(21-23-34)17-19-30(32)31-20-18-28(22-24-35)26-33(31)36/h17-20,25-26,29H,3-16,21-22H2,1-2H3. The van der Waals surface area contributed by atoms with Gasteiger partial charge in [-0.25, -0.2) is 0 Å². The summed E-state index contributed by atoms with van der Waals surface area (Å²) in [6.45, 7) is 4.56. The van der Waals surface area contributed by atoms with Gasteiger partial charge in [-0.1, -0.05) is 115 Å². The van der Waals surface area contributed by atoms with Gasteiger partial charge in [0.15, 0.2) is 0 Å². The van der Waals surface area contributed by atoms with Gasteiger partial charge in [0.2, 0.25) is 0 Å². The molecule has 0 fully saturated rings. The Morgan fingerprint density at radius 3 is 1.44 bits per heavy atom. The Bertz CT molecular complexity index is 1070. The maximum Gasteiger partial charge on any atom is 0.0669 e. The summed E-state index contributed by atoms with van der Waals surface area (Å²) < 4.78 is 2.59. The molecule has 1 aromatic heterocycles. The van der Waals surface area contributed by atoms with E-state index >= 15 is 0 Å². The number of fused-ring (bicyclic) bond motifs is 3. The van der Waals surface area contributed by atoms with Crippen molar-refractivity contribution in [3.05, 3.63) is 47.5 Å². The van der Waals surface area contributed by atoms with E-state index < -0.39 is 0 Å². The zero-order chi connectivity index (χ0) is 25.6. The highest BCUT2D eigenvalue weighted by Crippen LogP contribution is 2.37. The summed E-state index contributed by atoms with van der Waals surface area (Å²) in [7, 11) is 0. The van der Waals surface area contributed by atoms with Crippen LogP contribution < -0.4 is 0 Å². The first-order chi connectivity index (χ1) is 17.7. The molecule has 3 aromatic rings. The van der Waals surface area contributed by atoms with Gasteiger partial charge in [-0.2, -0.15) is 10.5 Å². The summed E-state index contributed by atoms with van der Waals surface area (Å²) >= 11 is 0. The van der Waals surface area contributed by atoms with Crippen molar-refractivity contribution in [1.82, 2.24) is 4.57 Å². The Kier molecular flexibility index (Phi) is 11.9.